The van der Waals surface area contributed by atoms with Gasteiger partial charge in [0, 0.05) is 17.5 Å². The van der Waals surface area contributed by atoms with E-state index in [1.54, 1.807) is 19.4 Å². The molecule has 2 saturated carbocycles. The second-order valence-corrected chi connectivity index (χ2v) is 10.3. The van der Waals surface area contributed by atoms with Crippen LogP contribution in [0.25, 0.3) is 0 Å². The molecular formula is C28H33FN2O3. The van der Waals surface area contributed by atoms with Gasteiger partial charge < -0.3 is 15.2 Å². The molecule has 2 aromatic rings. The number of benzene rings is 1. The largest absolute Gasteiger partial charge is 0.515 e. The highest BCUT2D eigenvalue weighted by Crippen LogP contribution is 2.63. The first-order valence-corrected chi connectivity index (χ1v) is 12.4. The summed E-state index contributed by atoms with van der Waals surface area (Å²) in [7, 11) is 1.62. The molecule has 0 radical (unpaired) electrons. The fraction of sp³-hybridized carbons (Fsp3) is 0.500. The fourth-order valence-electron chi connectivity index (χ4n) is 7.16. The first-order chi connectivity index (χ1) is 16.5. The maximum Gasteiger partial charge on any atom is 0.168 e. The normalized spacial score (nSPS) is 31.0. The Hall–Kier alpha value is -2.89. The molecule has 0 bridgehead atoms. The molecular weight excluding hydrogens is 431 g/mol. The highest BCUT2D eigenvalue weighted by molar-refractivity contribution is 6.03. The van der Waals surface area contributed by atoms with Gasteiger partial charge in [0.25, 0.3) is 0 Å². The van der Waals surface area contributed by atoms with Crippen molar-refractivity contribution in [2.45, 2.75) is 51.4 Å². The van der Waals surface area contributed by atoms with Crippen molar-refractivity contribution in [1.82, 2.24) is 4.98 Å². The Morgan fingerprint density at radius 1 is 1.29 bits per heavy atom. The number of ether oxygens (including phenoxy) is 1. The van der Waals surface area contributed by atoms with E-state index >= 15 is 0 Å². The number of rotatable bonds is 6. The van der Waals surface area contributed by atoms with Gasteiger partial charge in [-0.1, -0.05) is 19.1 Å². The summed E-state index contributed by atoms with van der Waals surface area (Å²) in [5.74, 6) is 2.32. The number of nitrogens with one attached hydrogen (secondary N) is 1. The van der Waals surface area contributed by atoms with Crippen molar-refractivity contribution in [2.24, 2.45) is 23.2 Å². The summed E-state index contributed by atoms with van der Waals surface area (Å²) in [6.45, 7) is 2.83. The lowest BCUT2D eigenvalue weighted by molar-refractivity contribution is -0.127. The average molecular weight is 465 g/mol. The van der Waals surface area contributed by atoms with Gasteiger partial charge in [0.1, 0.15) is 17.4 Å². The zero-order chi connectivity index (χ0) is 23.9. The van der Waals surface area contributed by atoms with Crippen LogP contribution in [-0.4, -0.2) is 29.5 Å². The number of nitrogens with zero attached hydrogens (tertiary/aromatic N) is 1. The number of halogens is 1. The van der Waals surface area contributed by atoms with Crippen molar-refractivity contribution in [3.05, 3.63) is 65.3 Å². The summed E-state index contributed by atoms with van der Waals surface area (Å²) in [6.07, 6.45) is 7.74. The molecule has 1 aromatic carbocycles. The van der Waals surface area contributed by atoms with E-state index in [1.807, 2.05) is 18.2 Å². The number of ketones is 1. The Kier molecular flexibility index (Phi) is 6.09. The van der Waals surface area contributed by atoms with Gasteiger partial charge in [-0.15, -0.1) is 0 Å². The van der Waals surface area contributed by atoms with Crippen molar-refractivity contribution >= 4 is 11.6 Å². The second kappa shape index (κ2) is 9.05. The van der Waals surface area contributed by atoms with Gasteiger partial charge in [-0.3, -0.25) is 4.79 Å². The monoisotopic (exact) mass is 464 g/mol. The molecule has 5 rings (SSSR count). The standard InChI is InChI=1S/C28H33FN2O3/c1-28-13-12-19-18-5-3-7-24(29)20(18)9-10-22(19)26(28)21(23(16-32)27(28)33)6-4-14-30-25-11-8-17(34-2)15-31-25/h3,5,7-8,11,15-16,19,21-22,26,32H,4,6,9-10,12-14H2,1-2H3,(H,30,31)/b23-16-/t19?,21-,22?,26?,28+/m1/s1. The van der Waals surface area contributed by atoms with Gasteiger partial charge >= 0.3 is 0 Å². The number of anilines is 1. The number of methoxy groups -OCH3 is 1. The Balaban J connectivity index is 1.34. The van der Waals surface area contributed by atoms with E-state index in [-0.39, 0.29) is 29.4 Å². The van der Waals surface area contributed by atoms with Crippen LogP contribution in [0, 0.1) is 29.0 Å². The molecule has 0 aliphatic heterocycles. The van der Waals surface area contributed by atoms with Crippen LogP contribution < -0.4 is 10.1 Å². The fourth-order valence-corrected chi connectivity index (χ4v) is 7.16. The van der Waals surface area contributed by atoms with E-state index < -0.39 is 5.41 Å². The number of carbonyl (C=O) groups excluding carboxylic acids is 1. The van der Waals surface area contributed by atoms with Crippen molar-refractivity contribution in [1.29, 1.82) is 0 Å². The molecule has 6 heteroatoms. The minimum Gasteiger partial charge on any atom is -0.515 e. The lowest BCUT2D eigenvalue weighted by Crippen LogP contribution is -2.44. The summed E-state index contributed by atoms with van der Waals surface area (Å²) >= 11 is 0. The summed E-state index contributed by atoms with van der Waals surface area (Å²) < 4.78 is 19.7. The number of aliphatic hydroxyl groups excluding tert-OH is 1. The molecule has 1 aromatic heterocycles. The van der Waals surface area contributed by atoms with Crippen LogP contribution in [0.4, 0.5) is 10.2 Å². The summed E-state index contributed by atoms with van der Waals surface area (Å²) in [6, 6.07) is 9.22. The smallest absolute Gasteiger partial charge is 0.168 e. The van der Waals surface area contributed by atoms with Gasteiger partial charge in [0.2, 0.25) is 0 Å². The van der Waals surface area contributed by atoms with E-state index in [4.69, 9.17) is 4.74 Å². The Morgan fingerprint density at radius 2 is 2.15 bits per heavy atom. The number of fused-ring (bicyclic) bond motifs is 5. The molecule has 5 atom stereocenters. The van der Waals surface area contributed by atoms with Gasteiger partial charge in [-0.05, 0) is 91.5 Å². The number of aliphatic hydroxyl groups is 1. The zero-order valence-electron chi connectivity index (χ0n) is 19.9. The van der Waals surface area contributed by atoms with E-state index in [9.17, 15) is 14.3 Å². The first kappa shape index (κ1) is 22.9. The van der Waals surface area contributed by atoms with E-state index in [1.165, 1.54) is 0 Å². The molecule has 2 N–H and O–H groups in total. The third-order valence-electron chi connectivity index (χ3n) is 8.69. The lowest BCUT2D eigenvalue weighted by Gasteiger charge is -2.49. The molecule has 3 aliphatic carbocycles. The van der Waals surface area contributed by atoms with Crippen LogP contribution >= 0.6 is 0 Å². The molecule has 0 amide bonds. The zero-order valence-corrected chi connectivity index (χ0v) is 19.9. The van der Waals surface area contributed by atoms with Gasteiger partial charge in [-0.25, -0.2) is 9.37 Å². The summed E-state index contributed by atoms with van der Waals surface area (Å²) in [5.41, 5.74) is 2.14. The van der Waals surface area contributed by atoms with Crippen molar-refractivity contribution in [3.63, 3.8) is 0 Å². The molecule has 0 saturated heterocycles. The van der Waals surface area contributed by atoms with Crippen LogP contribution in [0.3, 0.4) is 0 Å². The van der Waals surface area contributed by atoms with Crippen LogP contribution in [-0.2, 0) is 11.2 Å². The number of hydrogen-bond donors (Lipinski definition) is 2. The van der Waals surface area contributed by atoms with E-state index in [0.29, 0.717) is 17.2 Å². The van der Waals surface area contributed by atoms with Crippen molar-refractivity contribution < 1.29 is 19.0 Å². The summed E-state index contributed by atoms with van der Waals surface area (Å²) in [4.78, 5) is 17.8. The summed E-state index contributed by atoms with van der Waals surface area (Å²) in [5, 5.41) is 13.4. The van der Waals surface area contributed by atoms with Crippen molar-refractivity contribution in [3.8, 4) is 5.75 Å². The van der Waals surface area contributed by atoms with Crippen LogP contribution in [0.1, 0.15) is 56.1 Å². The van der Waals surface area contributed by atoms with Crippen LogP contribution in [0.2, 0.25) is 0 Å². The topological polar surface area (TPSA) is 71.4 Å². The van der Waals surface area contributed by atoms with Crippen molar-refractivity contribution in [2.75, 3.05) is 19.0 Å². The third kappa shape index (κ3) is 3.68. The Bertz CT molecular complexity index is 1100. The molecule has 3 unspecified atom stereocenters. The molecule has 180 valence electrons. The number of allylic oxidation sites excluding steroid dienone is 1. The highest BCUT2D eigenvalue weighted by atomic mass is 19.1. The van der Waals surface area contributed by atoms with Gasteiger partial charge in [-0.2, -0.15) is 0 Å². The minimum absolute atomic E-state index is 0.0241. The SMILES string of the molecule is COc1ccc(NCCC[C@@H]2/C(=C/O)C(=O)[C@@]3(C)CCC4c5cccc(F)c5CCC4C23)nc1. The Morgan fingerprint density at radius 3 is 2.88 bits per heavy atom. The number of aromatic nitrogens is 1. The van der Waals surface area contributed by atoms with Crippen LogP contribution in [0.15, 0.2) is 48.4 Å². The Labute approximate surface area is 200 Å². The molecule has 5 nitrogen and oxygen atoms in total. The van der Waals surface area contributed by atoms with Gasteiger partial charge in [0.15, 0.2) is 5.78 Å². The molecule has 2 fully saturated rings. The van der Waals surface area contributed by atoms with Crippen LogP contribution in [0.5, 0.6) is 5.75 Å². The molecule has 1 heterocycles. The minimum atomic E-state index is -0.448. The molecule has 0 spiro atoms. The maximum absolute atomic E-state index is 14.5. The van der Waals surface area contributed by atoms with Gasteiger partial charge in [0.05, 0.1) is 19.6 Å². The maximum atomic E-state index is 14.5. The molecule has 34 heavy (non-hydrogen) atoms. The predicted molar refractivity (Wildman–Crippen MR) is 130 cm³/mol. The number of carbonyl (C=O) groups is 1. The second-order valence-electron chi connectivity index (χ2n) is 10.3. The number of pyridine rings is 1. The quantitative estimate of drug-likeness (QED) is 0.320. The predicted octanol–water partition coefficient (Wildman–Crippen LogP) is 5.82. The number of Topliss-reactive ketones (excluding diaryl/α,β-unsaturated/α-hetero) is 1. The van der Waals surface area contributed by atoms with E-state index in [2.05, 4.69) is 23.3 Å². The van der Waals surface area contributed by atoms with E-state index in [0.717, 1.165) is 68.3 Å². The highest BCUT2D eigenvalue weighted by Gasteiger charge is 2.60. The average Bonchev–Trinajstić information content (AvgIpc) is 3.08. The first-order valence-electron chi connectivity index (χ1n) is 12.4. The molecule has 3 aliphatic rings. The third-order valence-corrected chi connectivity index (χ3v) is 8.69. The number of hydrogen-bond acceptors (Lipinski definition) is 5. The lowest BCUT2D eigenvalue weighted by atomic mass is 9.54.